The molecule has 1 aliphatic heterocycles. The van der Waals surface area contributed by atoms with Gasteiger partial charge in [0.2, 0.25) is 5.88 Å². The molecule has 0 aliphatic carbocycles. The van der Waals surface area contributed by atoms with Crippen LogP contribution >= 0.6 is 0 Å². The average Bonchev–Trinajstić information content (AvgIpc) is 3.21. The molecule has 31 heavy (non-hydrogen) atoms. The number of nitriles is 1. The van der Waals surface area contributed by atoms with Crippen molar-refractivity contribution in [3.05, 3.63) is 82.1 Å². The molecule has 0 saturated heterocycles. The molecule has 0 spiro atoms. The van der Waals surface area contributed by atoms with Gasteiger partial charge in [-0.15, -0.1) is 0 Å². The summed E-state index contributed by atoms with van der Waals surface area (Å²) in [6.07, 6.45) is 0. The predicted octanol–water partition coefficient (Wildman–Crippen LogP) is 3.72. The number of hydrogen-bond donors (Lipinski definition) is 1. The number of Topliss-reactive ketones (excluding diaryl/α,β-unsaturated/α-hetero) is 1. The van der Waals surface area contributed by atoms with Gasteiger partial charge in [-0.2, -0.15) is 5.26 Å². The Balaban J connectivity index is 1.58. The van der Waals surface area contributed by atoms with E-state index in [9.17, 15) is 24.4 Å². The van der Waals surface area contributed by atoms with Crippen LogP contribution in [0.4, 0.5) is 11.6 Å². The van der Waals surface area contributed by atoms with E-state index in [1.165, 1.54) is 38.1 Å². The van der Waals surface area contributed by atoms with Crippen LogP contribution in [0.15, 0.2) is 52.9 Å². The summed E-state index contributed by atoms with van der Waals surface area (Å²) in [6, 6.07) is 14.3. The number of ketones is 1. The van der Waals surface area contributed by atoms with Gasteiger partial charge in [0, 0.05) is 5.56 Å². The first-order valence-corrected chi connectivity index (χ1v) is 9.27. The van der Waals surface area contributed by atoms with Gasteiger partial charge in [-0.05, 0) is 50.2 Å². The summed E-state index contributed by atoms with van der Waals surface area (Å²) in [5.74, 6) is -1.66. The van der Waals surface area contributed by atoms with Crippen LogP contribution in [0.5, 0.6) is 0 Å². The average molecular weight is 413 g/mol. The summed E-state index contributed by atoms with van der Waals surface area (Å²) < 4.78 is 5.39. The molecular formula is C23H15N3O5. The summed E-state index contributed by atoms with van der Waals surface area (Å²) in [6.45, 7) is 2.84. The Morgan fingerprint density at radius 1 is 1.00 bits per heavy atom. The number of benzene rings is 2. The van der Waals surface area contributed by atoms with Gasteiger partial charge < -0.3 is 4.42 Å². The van der Waals surface area contributed by atoms with E-state index in [1.54, 1.807) is 24.3 Å². The normalized spacial score (nSPS) is 12.5. The summed E-state index contributed by atoms with van der Waals surface area (Å²) in [7, 11) is 0. The molecule has 8 nitrogen and oxygen atoms in total. The van der Waals surface area contributed by atoms with Gasteiger partial charge in [0.1, 0.15) is 17.4 Å². The number of furan rings is 1. The second kappa shape index (κ2) is 7.39. The molecule has 0 fully saturated rings. The molecule has 3 amide bonds. The number of aryl methyl sites for hydroxylation is 1. The minimum Gasteiger partial charge on any atom is -0.443 e. The fourth-order valence-corrected chi connectivity index (χ4v) is 3.52. The number of rotatable bonds is 4. The maximum atomic E-state index is 12.6. The Labute approximate surface area is 176 Å². The molecule has 1 aromatic heterocycles. The van der Waals surface area contributed by atoms with Gasteiger partial charge in [0.15, 0.2) is 5.78 Å². The number of carbonyl (C=O) groups is 4. The zero-order chi connectivity index (χ0) is 22.3. The molecule has 152 valence electrons. The van der Waals surface area contributed by atoms with Crippen molar-refractivity contribution >= 4 is 35.1 Å². The van der Waals surface area contributed by atoms with Crippen LogP contribution in [0, 0.1) is 18.3 Å². The first-order valence-electron chi connectivity index (χ1n) is 9.27. The van der Waals surface area contributed by atoms with Crippen molar-refractivity contribution in [2.24, 2.45) is 0 Å². The van der Waals surface area contributed by atoms with Crippen molar-refractivity contribution in [3.8, 4) is 6.07 Å². The van der Waals surface area contributed by atoms with Crippen LogP contribution in [0.1, 0.15) is 59.7 Å². The molecule has 8 heteroatoms. The fraction of sp³-hybridized carbons (Fsp3) is 0.0870. The monoisotopic (exact) mass is 413 g/mol. The lowest BCUT2D eigenvalue weighted by Crippen LogP contribution is -2.29. The minimum atomic E-state index is -0.575. The highest BCUT2D eigenvalue weighted by Gasteiger charge is 2.36. The number of anilines is 2. The Morgan fingerprint density at radius 3 is 2.10 bits per heavy atom. The molecular weight excluding hydrogens is 398 g/mol. The first-order chi connectivity index (χ1) is 14.8. The van der Waals surface area contributed by atoms with E-state index in [2.05, 4.69) is 5.32 Å². The molecule has 0 radical (unpaired) electrons. The topological polar surface area (TPSA) is 120 Å². The Morgan fingerprint density at radius 2 is 1.58 bits per heavy atom. The summed E-state index contributed by atoms with van der Waals surface area (Å²) in [5, 5.41) is 11.8. The van der Waals surface area contributed by atoms with Crippen LogP contribution in [-0.2, 0) is 0 Å². The molecule has 1 aliphatic rings. The van der Waals surface area contributed by atoms with Crippen molar-refractivity contribution in [2.45, 2.75) is 13.8 Å². The van der Waals surface area contributed by atoms with E-state index in [4.69, 9.17) is 4.42 Å². The molecule has 2 aromatic carbocycles. The number of nitrogens with one attached hydrogen (secondary N) is 1. The summed E-state index contributed by atoms with van der Waals surface area (Å²) in [4.78, 5) is 50.5. The quantitative estimate of drug-likeness (QED) is 0.514. The molecule has 3 aromatic rings. The van der Waals surface area contributed by atoms with E-state index < -0.39 is 17.7 Å². The highest BCUT2D eigenvalue weighted by atomic mass is 16.4. The highest BCUT2D eigenvalue weighted by molar-refractivity contribution is 6.34. The largest absolute Gasteiger partial charge is 0.443 e. The van der Waals surface area contributed by atoms with Gasteiger partial charge in [-0.25, -0.2) is 4.90 Å². The van der Waals surface area contributed by atoms with E-state index in [1.807, 2.05) is 6.07 Å². The number of hydrogen-bond acceptors (Lipinski definition) is 6. The lowest BCUT2D eigenvalue weighted by molar-refractivity contribution is 0.0924. The maximum absolute atomic E-state index is 12.6. The zero-order valence-electron chi connectivity index (χ0n) is 16.6. The van der Waals surface area contributed by atoms with Crippen LogP contribution in [0.25, 0.3) is 0 Å². The molecule has 2 heterocycles. The van der Waals surface area contributed by atoms with Crippen molar-refractivity contribution in [1.29, 1.82) is 5.26 Å². The minimum absolute atomic E-state index is 0.0407. The van der Waals surface area contributed by atoms with Gasteiger partial charge in [-0.3, -0.25) is 24.5 Å². The van der Waals surface area contributed by atoms with Gasteiger partial charge in [-0.1, -0.05) is 12.1 Å². The number of imide groups is 1. The Hall–Kier alpha value is -4.51. The molecule has 0 atom stereocenters. The number of amides is 3. The first kappa shape index (κ1) is 19.8. The third kappa shape index (κ3) is 3.18. The second-order valence-corrected chi connectivity index (χ2v) is 6.90. The summed E-state index contributed by atoms with van der Waals surface area (Å²) in [5.41, 5.74) is 1.27. The van der Waals surface area contributed by atoms with Crippen LogP contribution in [-0.4, -0.2) is 23.5 Å². The van der Waals surface area contributed by atoms with Crippen LogP contribution in [0.3, 0.4) is 0 Å². The Kier molecular flexibility index (Phi) is 4.72. The highest BCUT2D eigenvalue weighted by Crippen LogP contribution is 2.29. The number of nitrogens with zero attached hydrogens (tertiary/aromatic N) is 2. The lowest BCUT2D eigenvalue weighted by atomic mass is 10.1. The number of fused-ring (bicyclic) bond motifs is 1. The van der Waals surface area contributed by atoms with E-state index in [0.29, 0.717) is 16.8 Å². The van der Waals surface area contributed by atoms with Crippen molar-refractivity contribution < 1.29 is 23.6 Å². The SMILES string of the molecule is CC(=O)c1c(C)oc(NC(=O)c2ccc(N3C(=O)c4ccccc4C3=O)cc2)c1C#N. The third-order valence-corrected chi connectivity index (χ3v) is 4.96. The Bertz CT molecular complexity index is 1280. The molecule has 0 saturated carbocycles. The van der Waals surface area contributed by atoms with E-state index in [-0.39, 0.29) is 34.1 Å². The van der Waals surface area contributed by atoms with Crippen LogP contribution < -0.4 is 10.2 Å². The number of carbonyl (C=O) groups excluding carboxylic acids is 4. The van der Waals surface area contributed by atoms with Gasteiger partial charge in [0.25, 0.3) is 17.7 Å². The predicted molar refractivity (Wildman–Crippen MR) is 110 cm³/mol. The van der Waals surface area contributed by atoms with Crippen LogP contribution in [0.2, 0.25) is 0 Å². The molecule has 1 N–H and O–H groups in total. The molecule has 0 unspecified atom stereocenters. The summed E-state index contributed by atoms with van der Waals surface area (Å²) >= 11 is 0. The third-order valence-electron chi connectivity index (χ3n) is 4.96. The second-order valence-electron chi connectivity index (χ2n) is 6.90. The smallest absolute Gasteiger partial charge is 0.266 e. The maximum Gasteiger partial charge on any atom is 0.266 e. The standard InChI is InChI=1S/C23H15N3O5/c1-12(27)19-13(2)31-21(18(19)11-24)25-20(28)14-7-9-15(10-8-14)26-22(29)16-5-3-4-6-17(16)23(26)30/h3-10H,1-2H3,(H,25,28). The van der Waals surface area contributed by atoms with Crippen molar-refractivity contribution in [1.82, 2.24) is 0 Å². The fourth-order valence-electron chi connectivity index (χ4n) is 3.52. The van der Waals surface area contributed by atoms with Gasteiger partial charge >= 0.3 is 0 Å². The van der Waals surface area contributed by atoms with Gasteiger partial charge in [0.05, 0.1) is 22.4 Å². The van der Waals surface area contributed by atoms with Crippen molar-refractivity contribution in [3.63, 3.8) is 0 Å². The lowest BCUT2D eigenvalue weighted by Gasteiger charge is -2.14. The van der Waals surface area contributed by atoms with E-state index in [0.717, 1.165) is 4.90 Å². The van der Waals surface area contributed by atoms with E-state index >= 15 is 0 Å². The zero-order valence-corrected chi connectivity index (χ0v) is 16.6. The molecule has 4 rings (SSSR count). The molecule has 0 bridgehead atoms. The van der Waals surface area contributed by atoms with Crippen molar-refractivity contribution in [2.75, 3.05) is 10.2 Å².